The number of halogens is 2. The molecular formula is C20H23F2NO2S. The summed E-state index contributed by atoms with van der Waals surface area (Å²) < 4.78 is 36.0. The number of aryl methyl sites for hydroxylation is 3. The van der Waals surface area contributed by atoms with Crippen molar-refractivity contribution in [1.82, 2.24) is 4.72 Å². The molecule has 1 atom stereocenters. The first-order chi connectivity index (χ1) is 12.3. The van der Waals surface area contributed by atoms with Crippen molar-refractivity contribution in [1.29, 1.82) is 0 Å². The van der Waals surface area contributed by atoms with Gasteiger partial charge in [-0.3, -0.25) is 9.52 Å². The van der Waals surface area contributed by atoms with Gasteiger partial charge < -0.3 is 4.74 Å². The molecular weight excluding hydrogens is 356 g/mol. The molecule has 0 saturated carbocycles. The van der Waals surface area contributed by atoms with Crippen LogP contribution in [0.2, 0.25) is 0 Å². The topological polar surface area (TPSA) is 38.3 Å². The van der Waals surface area contributed by atoms with E-state index in [9.17, 15) is 13.6 Å². The summed E-state index contributed by atoms with van der Waals surface area (Å²) in [6.07, 6.45) is -0.0431. The zero-order valence-corrected chi connectivity index (χ0v) is 16.2. The summed E-state index contributed by atoms with van der Waals surface area (Å²) in [6.45, 7) is 7.27. The van der Waals surface area contributed by atoms with Crippen molar-refractivity contribution in [3.05, 3.63) is 58.2 Å². The maximum Gasteiger partial charge on any atom is 0.307 e. The minimum absolute atomic E-state index is 0.0431. The minimum Gasteiger partial charge on any atom is -0.466 e. The maximum atomic E-state index is 14.7. The molecule has 0 aliphatic heterocycles. The van der Waals surface area contributed by atoms with Gasteiger partial charge in [-0.25, -0.2) is 8.78 Å². The van der Waals surface area contributed by atoms with E-state index >= 15 is 0 Å². The second-order valence-electron chi connectivity index (χ2n) is 6.30. The average molecular weight is 379 g/mol. The zero-order chi connectivity index (χ0) is 19.4. The SMILES string of the molecule is CCOC(=O)CC(NS)c1cc(-c2c(C)cc(F)cc2C)cc(C)c1F. The highest BCUT2D eigenvalue weighted by molar-refractivity contribution is 7.78. The minimum atomic E-state index is -0.642. The van der Waals surface area contributed by atoms with Gasteiger partial charge in [-0.15, -0.1) is 0 Å². The van der Waals surface area contributed by atoms with Crippen molar-refractivity contribution in [3.63, 3.8) is 0 Å². The van der Waals surface area contributed by atoms with Crippen LogP contribution in [0.4, 0.5) is 8.78 Å². The van der Waals surface area contributed by atoms with Crippen LogP contribution in [-0.2, 0) is 9.53 Å². The van der Waals surface area contributed by atoms with Crippen LogP contribution in [0.25, 0.3) is 11.1 Å². The van der Waals surface area contributed by atoms with Gasteiger partial charge >= 0.3 is 5.97 Å². The molecule has 0 spiro atoms. The molecule has 0 amide bonds. The van der Waals surface area contributed by atoms with Crippen LogP contribution in [0.3, 0.4) is 0 Å². The van der Waals surface area contributed by atoms with Gasteiger partial charge in [-0.1, -0.05) is 12.8 Å². The van der Waals surface area contributed by atoms with Gasteiger partial charge in [-0.2, -0.15) is 0 Å². The van der Waals surface area contributed by atoms with E-state index in [0.29, 0.717) is 11.1 Å². The first-order valence-electron chi connectivity index (χ1n) is 8.40. The van der Waals surface area contributed by atoms with E-state index in [4.69, 9.17) is 4.74 Å². The van der Waals surface area contributed by atoms with Crippen molar-refractivity contribution < 1.29 is 18.3 Å². The molecule has 6 heteroatoms. The number of carbonyl (C=O) groups is 1. The lowest BCUT2D eigenvalue weighted by Gasteiger charge is -2.20. The van der Waals surface area contributed by atoms with Crippen LogP contribution in [-0.4, -0.2) is 12.6 Å². The number of nitrogens with one attached hydrogen (secondary N) is 1. The van der Waals surface area contributed by atoms with Crippen LogP contribution in [0.1, 0.15) is 41.6 Å². The Morgan fingerprint density at radius 2 is 1.73 bits per heavy atom. The third-order valence-corrected chi connectivity index (χ3v) is 4.59. The Balaban J connectivity index is 2.54. The van der Waals surface area contributed by atoms with Gasteiger partial charge in [0.1, 0.15) is 11.6 Å². The molecule has 2 rings (SSSR count). The molecule has 0 radical (unpaired) electrons. The summed E-state index contributed by atoms with van der Waals surface area (Å²) in [7, 11) is 0. The van der Waals surface area contributed by atoms with E-state index in [-0.39, 0.29) is 18.8 Å². The fraction of sp³-hybridized carbons (Fsp3) is 0.350. The molecule has 0 aromatic heterocycles. The molecule has 140 valence electrons. The lowest BCUT2D eigenvalue weighted by molar-refractivity contribution is -0.143. The third kappa shape index (κ3) is 4.43. The Bertz CT molecular complexity index is 801. The molecule has 0 fully saturated rings. The van der Waals surface area contributed by atoms with Crippen LogP contribution in [0.5, 0.6) is 0 Å². The van der Waals surface area contributed by atoms with E-state index < -0.39 is 17.8 Å². The summed E-state index contributed by atoms with van der Waals surface area (Å²) in [5.74, 6) is -1.14. The predicted molar refractivity (Wildman–Crippen MR) is 102 cm³/mol. The average Bonchev–Trinajstić information content (AvgIpc) is 2.55. The van der Waals surface area contributed by atoms with E-state index in [0.717, 1.165) is 22.3 Å². The molecule has 2 aromatic carbocycles. The number of hydrogen-bond donors (Lipinski definition) is 2. The monoisotopic (exact) mass is 379 g/mol. The zero-order valence-electron chi connectivity index (χ0n) is 15.3. The van der Waals surface area contributed by atoms with Crippen molar-refractivity contribution in [2.45, 2.75) is 40.2 Å². The predicted octanol–water partition coefficient (Wildman–Crippen LogP) is 4.99. The Morgan fingerprint density at radius 3 is 2.27 bits per heavy atom. The lowest BCUT2D eigenvalue weighted by Crippen LogP contribution is -2.19. The third-order valence-electron chi connectivity index (χ3n) is 4.28. The maximum absolute atomic E-state index is 14.7. The fourth-order valence-corrected chi connectivity index (χ4v) is 3.40. The number of esters is 1. The van der Waals surface area contributed by atoms with E-state index in [1.807, 2.05) is 13.8 Å². The van der Waals surface area contributed by atoms with Gasteiger partial charge in [0.15, 0.2) is 0 Å². The highest BCUT2D eigenvalue weighted by Crippen LogP contribution is 2.33. The molecule has 1 unspecified atom stereocenters. The summed E-state index contributed by atoms with van der Waals surface area (Å²) in [5, 5.41) is 0. The summed E-state index contributed by atoms with van der Waals surface area (Å²) >= 11 is 4.05. The van der Waals surface area contributed by atoms with Crippen LogP contribution in [0.15, 0.2) is 24.3 Å². The van der Waals surface area contributed by atoms with Gasteiger partial charge in [0, 0.05) is 5.56 Å². The molecule has 0 saturated heterocycles. The number of rotatable bonds is 6. The normalized spacial score (nSPS) is 12.1. The molecule has 26 heavy (non-hydrogen) atoms. The molecule has 0 bridgehead atoms. The van der Waals surface area contributed by atoms with Gasteiger partial charge in [-0.05, 0) is 79.8 Å². The van der Waals surface area contributed by atoms with E-state index in [2.05, 4.69) is 17.5 Å². The molecule has 2 aromatic rings. The van der Waals surface area contributed by atoms with Gasteiger partial charge in [0.05, 0.1) is 19.1 Å². The largest absolute Gasteiger partial charge is 0.466 e. The van der Waals surface area contributed by atoms with Gasteiger partial charge in [0.2, 0.25) is 0 Å². The second kappa shape index (κ2) is 8.64. The smallest absolute Gasteiger partial charge is 0.307 e. The quantitative estimate of drug-likeness (QED) is 0.549. The summed E-state index contributed by atoms with van der Waals surface area (Å²) in [6, 6.07) is 5.67. The fourth-order valence-electron chi connectivity index (χ4n) is 3.17. The second-order valence-corrected chi connectivity index (χ2v) is 6.56. The number of hydrogen-bond acceptors (Lipinski definition) is 4. The van der Waals surface area contributed by atoms with E-state index in [1.54, 1.807) is 26.0 Å². The summed E-state index contributed by atoms with van der Waals surface area (Å²) in [5.41, 5.74) is 3.92. The first-order valence-corrected chi connectivity index (χ1v) is 8.85. The Labute approximate surface area is 158 Å². The lowest BCUT2D eigenvalue weighted by atomic mass is 9.90. The van der Waals surface area contributed by atoms with Crippen LogP contribution in [0, 0.1) is 32.4 Å². The van der Waals surface area contributed by atoms with E-state index in [1.165, 1.54) is 12.1 Å². The highest BCUT2D eigenvalue weighted by Gasteiger charge is 2.22. The Morgan fingerprint density at radius 1 is 1.12 bits per heavy atom. The molecule has 0 aliphatic rings. The van der Waals surface area contributed by atoms with Crippen molar-refractivity contribution >= 4 is 18.8 Å². The molecule has 3 nitrogen and oxygen atoms in total. The Hall–Kier alpha value is -1.92. The molecule has 0 aliphatic carbocycles. The number of ether oxygens (including phenoxy) is 1. The Kier molecular flexibility index (Phi) is 6.78. The van der Waals surface area contributed by atoms with Crippen molar-refractivity contribution in [2.75, 3.05) is 6.61 Å². The highest BCUT2D eigenvalue weighted by atomic mass is 32.1. The number of benzene rings is 2. The standard InChI is InChI=1S/C20H23F2NO2S/c1-5-25-18(24)10-17(23-26)16-9-14(6-13(4)20(16)22)19-11(2)7-15(21)8-12(19)3/h6-9,17,23,26H,5,10H2,1-4H3. The number of thiol groups is 1. The number of carbonyl (C=O) groups excluding carboxylic acids is 1. The van der Waals surface area contributed by atoms with Gasteiger partial charge in [0.25, 0.3) is 0 Å². The first kappa shape index (κ1) is 20.4. The van der Waals surface area contributed by atoms with Crippen LogP contribution < -0.4 is 4.72 Å². The molecule has 0 heterocycles. The van der Waals surface area contributed by atoms with Crippen molar-refractivity contribution in [2.24, 2.45) is 0 Å². The summed E-state index contributed by atoms with van der Waals surface area (Å²) in [4.78, 5) is 11.8. The molecule has 1 N–H and O–H groups in total. The van der Waals surface area contributed by atoms with Crippen LogP contribution >= 0.6 is 12.8 Å². The van der Waals surface area contributed by atoms with Crippen molar-refractivity contribution in [3.8, 4) is 11.1 Å².